The van der Waals surface area contributed by atoms with Crippen LogP contribution in [-0.2, 0) is 16.1 Å². The van der Waals surface area contributed by atoms with E-state index in [1.165, 1.54) is 4.68 Å². The van der Waals surface area contributed by atoms with E-state index in [4.69, 9.17) is 15.2 Å². The first-order valence-corrected chi connectivity index (χ1v) is 7.24. The van der Waals surface area contributed by atoms with Gasteiger partial charge in [0.25, 0.3) is 0 Å². The Morgan fingerprint density at radius 1 is 1.41 bits per heavy atom. The largest absolute Gasteiger partial charge is 0.491 e. The average Bonchev–Trinajstić information content (AvgIpc) is 2.89. The van der Waals surface area contributed by atoms with Crippen molar-refractivity contribution < 1.29 is 14.3 Å². The zero-order chi connectivity index (χ0) is 16.1. The van der Waals surface area contributed by atoms with Crippen LogP contribution in [0, 0.1) is 0 Å². The number of hydrogen-bond donors (Lipinski definition) is 1. The first-order chi connectivity index (χ1) is 10.5. The van der Waals surface area contributed by atoms with Gasteiger partial charge >= 0.3 is 5.97 Å². The molecule has 2 aromatic rings. The fourth-order valence-corrected chi connectivity index (χ4v) is 2.06. The molecule has 1 aromatic heterocycles. The van der Waals surface area contributed by atoms with Crippen LogP contribution >= 0.6 is 0 Å². The van der Waals surface area contributed by atoms with Crippen molar-refractivity contribution >= 4 is 11.7 Å². The number of rotatable bonds is 6. The summed E-state index contributed by atoms with van der Waals surface area (Å²) in [5.41, 5.74) is 8.31. The summed E-state index contributed by atoms with van der Waals surface area (Å²) in [6, 6.07) is 5.51. The predicted molar refractivity (Wildman–Crippen MR) is 84.5 cm³/mol. The molecule has 0 saturated carbocycles. The third-order valence-electron chi connectivity index (χ3n) is 2.94. The van der Waals surface area contributed by atoms with Gasteiger partial charge in [0, 0.05) is 23.0 Å². The smallest absolute Gasteiger partial charge is 0.327 e. The lowest BCUT2D eigenvalue weighted by atomic mass is 10.1. The first kappa shape index (κ1) is 15.9. The molecule has 2 N–H and O–H groups in total. The van der Waals surface area contributed by atoms with Gasteiger partial charge in [0.05, 0.1) is 18.9 Å². The summed E-state index contributed by atoms with van der Waals surface area (Å²) >= 11 is 0. The number of hydrogen-bond acceptors (Lipinski definition) is 5. The second-order valence-electron chi connectivity index (χ2n) is 5.15. The Hall–Kier alpha value is -2.50. The minimum atomic E-state index is -0.318. The molecule has 0 bridgehead atoms. The molecule has 118 valence electrons. The third-order valence-corrected chi connectivity index (χ3v) is 2.94. The number of nitrogen functional groups attached to an aromatic ring is 1. The van der Waals surface area contributed by atoms with Crippen LogP contribution in [0.4, 0.5) is 5.69 Å². The fourth-order valence-electron chi connectivity index (χ4n) is 2.06. The highest BCUT2D eigenvalue weighted by molar-refractivity contribution is 5.77. The van der Waals surface area contributed by atoms with E-state index in [0.29, 0.717) is 12.3 Å². The molecular weight excluding hydrogens is 282 g/mol. The molecule has 0 unspecified atom stereocenters. The number of carbonyl (C=O) groups excluding carboxylic acids is 1. The van der Waals surface area contributed by atoms with E-state index in [-0.39, 0.29) is 18.6 Å². The zero-order valence-corrected chi connectivity index (χ0v) is 13.1. The van der Waals surface area contributed by atoms with E-state index >= 15 is 0 Å². The second-order valence-corrected chi connectivity index (χ2v) is 5.15. The summed E-state index contributed by atoms with van der Waals surface area (Å²) < 4.78 is 12.1. The van der Waals surface area contributed by atoms with Crippen LogP contribution in [0.15, 0.2) is 30.6 Å². The van der Waals surface area contributed by atoms with Gasteiger partial charge in [-0.1, -0.05) is 0 Å². The van der Waals surface area contributed by atoms with Gasteiger partial charge in [0.15, 0.2) is 0 Å². The maximum Gasteiger partial charge on any atom is 0.327 e. The second kappa shape index (κ2) is 6.98. The maximum absolute atomic E-state index is 11.5. The SMILES string of the molecule is CCOC(=O)Cn1cc(-c2cc(OC(C)C)ccc2N)cn1. The van der Waals surface area contributed by atoms with Crippen LogP contribution in [0.5, 0.6) is 5.75 Å². The van der Waals surface area contributed by atoms with Crippen LogP contribution in [0.25, 0.3) is 11.1 Å². The van der Waals surface area contributed by atoms with Gasteiger partial charge in [0.1, 0.15) is 12.3 Å². The lowest BCUT2D eigenvalue weighted by Crippen LogP contribution is -2.13. The third kappa shape index (κ3) is 4.00. The lowest BCUT2D eigenvalue weighted by Gasteiger charge is -2.12. The Bertz CT molecular complexity index is 650. The number of benzene rings is 1. The summed E-state index contributed by atoms with van der Waals surface area (Å²) in [5, 5.41) is 4.17. The Morgan fingerprint density at radius 2 is 2.18 bits per heavy atom. The predicted octanol–water partition coefficient (Wildman–Crippen LogP) is 2.48. The molecule has 6 nitrogen and oxygen atoms in total. The van der Waals surface area contributed by atoms with Gasteiger partial charge in [0.2, 0.25) is 0 Å². The molecule has 6 heteroatoms. The molecule has 0 aliphatic carbocycles. The molecule has 22 heavy (non-hydrogen) atoms. The summed E-state index contributed by atoms with van der Waals surface area (Å²) in [5.74, 6) is 0.430. The first-order valence-electron chi connectivity index (χ1n) is 7.24. The van der Waals surface area contributed by atoms with Gasteiger partial charge < -0.3 is 15.2 Å². The number of anilines is 1. The van der Waals surface area contributed by atoms with Crippen molar-refractivity contribution in [2.24, 2.45) is 0 Å². The van der Waals surface area contributed by atoms with Crippen molar-refractivity contribution in [3.05, 3.63) is 30.6 Å². The van der Waals surface area contributed by atoms with Crippen molar-refractivity contribution in [3.63, 3.8) is 0 Å². The molecular formula is C16H21N3O3. The van der Waals surface area contributed by atoms with E-state index in [1.54, 1.807) is 25.4 Å². The Kier molecular flexibility index (Phi) is 5.04. The molecule has 0 spiro atoms. The van der Waals surface area contributed by atoms with Crippen LogP contribution in [0.2, 0.25) is 0 Å². The van der Waals surface area contributed by atoms with Crippen molar-refractivity contribution in [2.75, 3.05) is 12.3 Å². The summed E-state index contributed by atoms with van der Waals surface area (Å²) in [4.78, 5) is 11.5. The molecule has 0 aliphatic rings. The Balaban J connectivity index is 2.21. The summed E-state index contributed by atoms with van der Waals surface area (Å²) in [7, 11) is 0. The molecule has 0 fully saturated rings. The van der Waals surface area contributed by atoms with Crippen LogP contribution in [-0.4, -0.2) is 28.5 Å². The van der Waals surface area contributed by atoms with Crippen LogP contribution in [0.1, 0.15) is 20.8 Å². The molecule has 0 saturated heterocycles. The molecule has 0 radical (unpaired) electrons. The quantitative estimate of drug-likeness (QED) is 0.655. The van der Waals surface area contributed by atoms with Crippen LogP contribution < -0.4 is 10.5 Å². The number of ether oxygens (including phenoxy) is 2. The van der Waals surface area contributed by atoms with E-state index in [0.717, 1.165) is 16.9 Å². The minimum Gasteiger partial charge on any atom is -0.491 e. The van der Waals surface area contributed by atoms with E-state index in [1.807, 2.05) is 26.0 Å². The maximum atomic E-state index is 11.5. The summed E-state index contributed by atoms with van der Waals surface area (Å²) in [6.07, 6.45) is 3.52. The standard InChI is InChI=1S/C16H21N3O3/c1-4-21-16(20)10-19-9-12(8-18-19)14-7-13(22-11(2)3)5-6-15(14)17/h5-9,11H,4,10,17H2,1-3H3. The van der Waals surface area contributed by atoms with E-state index in [2.05, 4.69) is 5.10 Å². The minimum absolute atomic E-state index is 0.0793. The van der Waals surface area contributed by atoms with Crippen molar-refractivity contribution in [1.82, 2.24) is 9.78 Å². The lowest BCUT2D eigenvalue weighted by molar-refractivity contribution is -0.144. The monoisotopic (exact) mass is 303 g/mol. The van der Waals surface area contributed by atoms with Gasteiger partial charge in [-0.2, -0.15) is 5.10 Å². The number of esters is 1. The topological polar surface area (TPSA) is 79.4 Å². The number of nitrogens with zero attached hydrogens (tertiary/aromatic N) is 2. The number of carbonyl (C=O) groups is 1. The Labute approximate surface area is 129 Å². The molecule has 1 aromatic carbocycles. The molecule has 2 rings (SSSR count). The number of aromatic nitrogens is 2. The normalized spacial score (nSPS) is 10.7. The van der Waals surface area contributed by atoms with Crippen LogP contribution in [0.3, 0.4) is 0 Å². The highest BCUT2D eigenvalue weighted by Crippen LogP contribution is 2.30. The molecule has 0 aliphatic heterocycles. The van der Waals surface area contributed by atoms with Gasteiger partial charge in [-0.05, 0) is 39.0 Å². The molecule has 0 atom stereocenters. The summed E-state index contributed by atoms with van der Waals surface area (Å²) in [6.45, 7) is 6.14. The zero-order valence-electron chi connectivity index (χ0n) is 13.1. The van der Waals surface area contributed by atoms with Crippen molar-refractivity contribution in [1.29, 1.82) is 0 Å². The number of nitrogens with two attached hydrogens (primary N) is 1. The van der Waals surface area contributed by atoms with Gasteiger partial charge in [-0.15, -0.1) is 0 Å². The Morgan fingerprint density at radius 3 is 2.86 bits per heavy atom. The molecule has 0 amide bonds. The van der Waals surface area contributed by atoms with Crippen molar-refractivity contribution in [3.8, 4) is 16.9 Å². The van der Waals surface area contributed by atoms with Crippen molar-refractivity contribution in [2.45, 2.75) is 33.4 Å². The van der Waals surface area contributed by atoms with E-state index in [9.17, 15) is 4.79 Å². The van der Waals surface area contributed by atoms with Gasteiger partial charge in [-0.25, -0.2) is 0 Å². The van der Waals surface area contributed by atoms with E-state index < -0.39 is 0 Å². The average molecular weight is 303 g/mol. The fraction of sp³-hybridized carbons (Fsp3) is 0.375. The highest BCUT2D eigenvalue weighted by Gasteiger charge is 2.10. The van der Waals surface area contributed by atoms with Gasteiger partial charge in [-0.3, -0.25) is 9.48 Å². The highest BCUT2D eigenvalue weighted by atomic mass is 16.5. The molecule has 1 heterocycles.